The molecule has 1 aliphatic heterocycles. The predicted octanol–water partition coefficient (Wildman–Crippen LogP) is 0.609. The number of carbonyl (C=O) groups excluding carboxylic acids is 2. The number of rotatable bonds is 2. The van der Waals surface area contributed by atoms with E-state index >= 15 is 0 Å². The largest absolute Gasteiger partial charge is 0.357 e. The van der Waals surface area contributed by atoms with E-state index in [2.05, 4.69) is 26.6 Å². The van der Waals surface area contributed by atoms with Crippen molar-refractivity contribution >= 4 is 27.7 Å². The van der Waals surface area contributed by atoms with Gasteiger partial charge in [0.05, 0.1) is 0 Å². The van der Waals surface area contributed by atoms with Crippen LogP contribution in [0, 0.1) is 0 Å². The molecule has 1 aromatic carbocycles. The van der Waals surface area contributed by atoms with E-state index < -0.39 is 6.04 Å². The Morgan fingerprint density at radius 1 is 1.47 bits per heavy atom. The summed E-state index contributed by atoms with van der Waals surface area (Å²) < 4.78 is 0.852. The van der Waals surface area contributed by atoms with Gasteiger partial charge in [0.25, 0.3) is 5.91 Å². The Hall–Kier alpha value is -1.40. The third-order valence-electron chi connectivity index (χ3n) is 3.12. The minimum atomic E-state index is -0.453. The number of piperazine rings is 1. The summed E-state index contributed by atoms with van der Waals surface area (Å²) in [5.74, 6) is -0.257. The maximum atomic E-state index is 12.5. The monoisotopic (exact) mass is 325 g/mol. The van der Waals surface area contributed by atoms with Gasteiger partial charge in [-0.3, -0.25) is 9.59 Å². The number of likely N-dealkylation sites (N-methyl/N-ethyl adjacent to an activating group) is 1. The molecule has 0 bridgehead atoms. The lowest BCUT2D eigenvalue weighted by Crippen LogP contribution is -2.59. The Bertz CT molecular complexity index is 493. The minimum absolute atomic E-state index is 0.114. The molecular formula is C13H16BrN3O2. The summed E-state index contributed by atoms with van der Waals surface area (Å²) in [6.45, 7) is 1.72. The Morgan fingerprint density at radius 2 is 2.26 bits per heavy atom. The summed E-state index contributed by atoms with van der Waals surface area (Å²) in [5, 5.41) is 5.73. The molecule has 1 heterocycles. The van der Waals surface area contributed by atoms with Gasteiger partial charge in [-0.25, -0.2) is 0 Å². The van der Waals surface area contributed by atoms with Crippen molar-refractivity contribution in [2.45, 2.75) is 6.04 Å². The van der Waals surface area contributed by atoms with Crippen LogP contribution in [-0.4, -0.2) is 49.4 Å². The summed E-state index contributed by atoms with van der Waals surface area (Å²) >= 11 is 3.35. The molecule has 6 heteroatoms. The quantitative estimate of drug-likeness (QED) is 0.837. The minimum Gasteiger partial charge on any atom is -0.357 e. The third kappa shape index (κ3) is 3.13. The summed E-state index contributed by atoms with van der Waals surface area (Å²) in [7, 11) is 1.58. The molecule has 2 amide bonds. The lowest BCUT2D eigenvalue weighted by atomic mass is 10.1. The van der Waals surface area contributed by atoms with Crippen molar-refractivity contribution in [3.05, 3.63) is 34.3 Å². The molecule has 1 fully saturated rings. The topological polar surface area (TPSA) is 61.4 Å². The maximum Gasteiger partial charge on any atom is 0.254 e. The molecule has 102 valence electrons. The van der Waals surface area contributed by atoms with Crippen molar-refractivity contribution in [3.63, 3.8) is 0 Å². The smallest absolute Gasteiger partial charge is 0.254 e. The van der Waals surface area contributed by atoms with E-state index in [1.165, 1.54) is 0 Å². The highest BCUT2D eigenvalue weighted by atomic mass is 79.9. The van der Waals surface area contributed by atoms with Crippen molar-refractivity contribution in [2.24, 2.45) is 0 Å². The number of hydrogen-bond acceptors (Lipinski definition) is 3. The van der Waals surface area contributed by atoms with Gasteiger partial charge in [-0.15, -0.1) is 0 Å². The zero-order chi connectivity index (χ0) is 13.8. The number of benzene rings is 1. The van der Waals surface area contributed by atoms with Gasteiger partial charge in [-0.2, -0.15) is 0 Å². The average molecular weight is 326 g/mol. The van der Waals surface area contributed by atoms with E-state index in [1.54, 1.807) is 24.1 Å². The Morgan fingerprint density at radius 3 is 2.95 bits per heavy atom. The lowest BCUT2D eigenvalue weighted by molar-refractivity contribution is -0.125. The highest BCUT2D eigenvalue weighted by molar-refractivity contribution is 9.10. The second-order valence-electron chi connectivity index (χ2n) is 4.34. The van der Waals surface area contributed by atoms with Gasteiger partial charge in [-0.1, -0.05) is 22.0 Å². The van der Waals surface area contributed by atoms with Gasteiger partial charge in [0.2, 0.25) is 5.91 Å². The number of halogens is 1. The van der Waals surface area contributed by atoms with Gasteiger partial charge >= 0.3 is 0 Å². The molecule has 0 spiro atoms. The second-order valence-corrected chi connectivity index (χ2v) is 5.26. The summed E-state index contributed by atoms with van der Waals surface area (Å²) in [6.07, 6.45) is 0. The van der Waals surface area contributed by atoms with E-state index in [9.17, 15) is 9.59 Å². The van der Waals surface area contributed by atoms with E-state index in [1.807, 2.05) is 12.1 Å². The van der Waals surface area contributed by atoms with Gasteiger partial charge in [0.1, 0.15) is 6.04 Å². The fourth-order valence-corrected chi connectivity index (χ4v) is 2.53. The molecule has 1 aromatic rings. The number of nitrogens with one attached hydrogen (secondary N) is 2. The summed E-state index contributed by atoms with van der Waals surface area (Å²) in [6, 6.07) is 6.76. The molecule has 2 rings (SSSR count). The SMILES string of the molecule is CNC(=O)C1CNCCN1C(=O)c1cccc(Br)c1. The van der Waals surface area contributed by atoms with Crippen LogP contribution in [0.15, 0.2) is 28.7 Å². The third-order valence-corrected chi connectivity index (χ3v) is 3.62. The normalized spacial score (nSPS) is 19.1. The molecule has 19 heavy (non-hydrogen) atoms. The van der Waals surface area contributed by atoms with Crippen molar-refractivity contribution in [1.82, 2.24) is 15.5 Å². The molecule has 0 radical (unpaired) electrons. The van der Waals surface area contributed by atoms with Crippen LogP contribution in [0.3, 0.4) is 0 Å². The molecule has 1 unspecified atom stereocenters. The number of carbonyl (C=O) groups is 2. The summed E-state index contributed by atoms with van der Waals surface area (Å²) in [5.41, 5.74) is 0.588. The first-order valence-corrected chi connectivity index (χ1v) is 6.91. The molecule has 2 N–H and O–H groups in total. The van der Waals surface area contributed by atoms with Gasteiger partial charge < -0.3 is 15.5 Å². The van der Waals surface area contributed by atoms with Crippen molar-refractivity contribution in [1.29, 1.82) is 0 Å². The number of amides is 2. The van der Waals surface area contributed by atoms with Crippen LogP contribution in [-0.2, 0) is 4.79 Å². The first-order valence-electron chi connectivity index (χ1n) is 6.12. The van der Waals surface area contributed by atoms with Crippen LogP contribution in [0.1, 0.15) is 10.4 Å². The zero-order valence-corrected chi connectivity index (χ0v) is 12.2. The Balaban J connectivity index is 2.22. The first kappa shape index (κ1) is 14.0. The van der Waals surface area contributed by atoms with E-state index in [-0.39, 0.29) is 11.8 Å². The molecule has 0 aliphatic carbocycles. The van der Waals surface area contributed by atoms with E-state index in [4.69, 9.17) is 0 Å². The van der Waals surface area contributed by atoms with Crippen LogP contribution < -0.4 is 10.6 Å². The Kier molecular flexibility index (Phi) is 4.55. The van der Waals surface area contributed by atoms with Crippen molar-refractivity contribution < 1.29 is 9.59 Å². The highest BCUT2D eigenvalue weighted by Crippen LogP contribution is 2.15. The molecule has 0 aromatic heterocycles. The number of nitrogens with zero attached hydrogens (tertiary/aromatic N) is 1. The second kappa shape index (κ2) is 6.16. The van der Waals surface area contributed by atoms with Crippen molar-refractivity contribution in [2.75, 3.05) is 26.7 Å². The fourth-order valence-electron chi connectivity index (χ4n) is 2.14. The predicted molar refractivity (Wildman–Crippen MR) is 75.9 cm³/mol. The van der Waals surface area contributed by atoms with Crippen LogP contribution in [0.5, 0.6) is 0 Å². The first-order chi connectivity index (χ1) is 9.13. The van der Waals surface area contributed by atoms with Gasteiger partial charge in [0.15, 0.2) is 0 Å². The molecule has 1 atom stereocenters. The van der Waals surface area contributed by atoms with Crippen LogP contribution in [0.4, 0.5) is 0 Å². The molecule has 0 saturated carbocycles. The lowest BCUT2D eigenvalue weighted by Gasteiger charge is -2.35. The average Bonchev–Trinajstić information content (AvgIpc) is 2.45. The molecule has 5 nitrogen and oxygen atoms in total. The standard InChI is InChI=1S/C13H16BrN3O2/c1-15-12(18)11-8-16-5-6-17(11)13(19)9-3-2-4-10(14)7-9/h2-4,7,11,16H,5-6,8H2,1H3,(H,15,18). The van der Waals surface area contributed by atoms with Crippen LogP contribution >= 0.6 is 15.9 Å². The van der Waals surface area contributed by atoms with Gasteiger partial charge in [-0.05, 0) is 18.2 Å². The Labute approximate surface area is 120 Å². The maximum absolute atomic E-state index is 12.5. The van der Waals surface area contributed by atoms with Gasteiger partial charge in [0, 0.05) is 36.7 Å². The zero-order valence-electron chi connectivity index (χ0n) is 10.6. The van der Waals surface area contributed by atoms with Crippen molar-refractivity contribution in [3.8, 4) is 0 Å². The van der Waals surface area contributed by atoms with E-state index in [0.29, 0.717) is 25.2 Å². The summed E-state index contributed by atoms with van der Waals surface area (Å²) in [4.78, 5) is 25.9. The molecule has 1 aliphatic rings. The molecule has 1 saturated heterocycles. The van der Waals surface area contributed by atoms with Crippen LogP contribution in [0.25, 0.3) is 0 Å². The van der Waals surface area contributed by atoms with Crippen LogP contribution in [0.2, 0.25) is 0 Å². The molecular weight excluding hydrogens is 310 g/mol. The highest BCUT2D eigenvalue weighted by Gasteiger charge is 2.31. The number of hydrogen-bond donors (Lipinski definition) is 2. The van der Waals surface area contributed by atoms with E-state index in [0.717, 1.165) is 4.47 Å². The fraction of sp³-hybridized carbons (Fsp3) is 0.385.